The molecule has 30 heavy (non-hydrogen) atoms. The molecule has 0 bridgehead atoms. The molecule has 154 valence electrons. The molecule has 2 amide bonds. The van der Waals surface area contributed by atoms with Gasteiger partial charge in [-0.3, -0.25) is 0 Å². The van der Waals surface area contributed by atoms with E-state index in [2.05, 4.69) is 52.2 Å². The van der Waals surface area contributed by atoms with E-state index in [9.17, 15) is 4.79 Å². The normalized spacial score (nSPS) is 14.0. The molecule has 1 saturated heterocycles. The summed E-state index contributed by atoms with van der Waals surface area (Å²) >= 11 is 0. The highest BCUT2D eigenvalue weighted by Crippen LogP contribution is 2.24. The number of rotatable bonds is 3. The Hall–Kier alpha value is -3.41. The largest absolute Gasteiger partial charge is 0.353 e. The summed E-state index contributed by atoms with van der Waals surface area (Å²) in [5.74, 6) is 0.901. The first kappa shape index (κ1) is 19.9. The number of carbonyl (C=O) groups excluding carboxylic acids is 1. The molecule has 0 spiro atoms. The standard InChI is InChI=1S/C24H27N5O/c1-17-8-9-21(19(3)14-17)27-24(30)29-12-10-28(11-13-29)23-15-22(25-16-26-23)20-7-5-4-6-18(20)2/h4-9,14-16H,10-13H2,1-3H3,(H,27,30). The van der Waals surface area contributed by atoms with Gasteiger partial charge in [-0.15, -0.1) is 0 Å². The molecule has 6 nitrogen and oxygen atoms in total. The Kier molecular flexibility index (Phi) is 5.65. The van der Waals surface area contributed by atoms with Crippen LogP contribution in [0.1, 0.15) is 16.7 Å². The lowest BCUT2D eigenvalue weighted by Gasteiger charge is -2.35. The minimum Gasteiger partial charge on any atom is -0.353 e. The summed E-state index contributed by atoms with van der Waals surface area (Å²) < 4.78 is 0. The van der Waals surface area contributed by atoms with E-state index in [1.807, 2.05) is 42.2 Å². The Labute approximate surface area is 177 Å². The number of aryl methyl sites for hydroxylation is 3. The van der Waals surface area contributed by atoms with Crippen LogP contribution in [0.2, 0.25) is 0 Å². The summed E-state index contributed by atoms with van der Waals surface area (Å²) in [6.45, 7) is 8.94. The fourth-order valence-electron chi connectivity index (χ4n) is 3.81. The summed E-state index contributed by atoms with van der Waals surface area (Å²) in [7, 11) is 0. The summed E-state index contributed by atoms with van der Waals surface area (Å²) in [5, 5.41) is 3.04. The third-order valence-corrected chi connectivity index (χ3v) is 5.59. The molecular weight excluding hydrogens is 374 g/mol. The number of hydrogen-bond acceptors (Lipinski definition) is 4. The van der Waals surface area contributed by atoms with E-state index < -0.39 is 0 Å². The number of carbonyl (C=O) groups is 1. The molecular formula is C24H27N5O. The number of benzene rings is 2. The van der Waals surface area contributed by atoms with Gasteiger partial charge in [0.25, 0.3) is 0 Å². The van der Waals surface area contributed by atoms with E-state index in [4.69, 9.17) is 0 Å². The number of aromatic nitrogens is 2. The predicted octanol–water partition coefficient (Wildman–Crippen LogP) is 4.42. The number of hydrogen-bond donors (Lipinski definition) is 1. The van der Waals surface area contributed by atoms with Crippen molar-refractivity contribution >= 4 is 17.5 Å². The smallest absolute Gasteiger partial charge is 0.321 e. The quantitative estimate of drug-likeness (QED) is 0.706. The minimum absolute atomic E-state index is 0.0510. The molecule has 3 aromatic rings. The topological polar surface area (TPSA) is 61.4 Å². The second-order valence-electron chi connectivity index (χ2n) is 7.80. The molecule has 1 aliphatic heterocycles. The molecule has 0 aliphatic carbocycles. The zero-order valence-corrected chi connectivity index (χ0v) is 17.7. The van der Waals surface area contributed by atoms with Crippen LogP contribution in [-0.2, 0) is 0 Å². The Morgan fingerprint density at radius 1 is 0.900 bits per heavy atom. The van der Waals surface area contributed by atoms with Gasteiger partial charge in [0.15, 0.2) is 0 Å². The van der Waals surface area contributed by atoms with Crippen LogP contribution < -0.4 is 10.2 Å². The van der Waals surface area contributed by atoms with Gasteiger partial charge in [0.1, 0.15) is 12.1 Å². The van der Waals surface area contributed by atoms with Crippen LogP contribution in [0.15, 0.2) is 54.9 Å². The lowest BCUT2D eigenvalue weighted by atomic mass is 10.1. The lowest BCUT2D eigenvalue weighted by molar-refractivity contribution is 0.208. The highest BCUT2D eigenvalue weighted by Gasteiger charge is 2.22. The first-order valence-corrected chi connectivity index (χ1v) is 10.3. The number of amides is 2. The van der Waals surface area contributed by atoms with Gasteiger partial charge in [-0.1, -0.05) is 42.0 Å². The number of nitrogens with zero attached hydrogens (tertiary/aromatic N) is 4. The fourth-order valence-corrected chi connectivity index (χ4v) is 3.81. The van der Waals surface area contributed by atoms with E-state index in [1.165, 1.54) is 11.1 Å². The first-order chi connectivity index (χ1) is 14.5. The van der Waals surface area contributed by atoms with Crippen molar-refractivity contribution in [2.45, 2.75) is 20.8 Å². The zero-order valence-electron chi connectivity index (χ0n) is 17.7. The van der Waals surface area contributed by atoms with E-state index >= 15 is 0 Å². The van der Waals surface area contributed by atoms with Crippen LogP contribution >= 0.6 is 0 Å². The van der Waals surface area contributed by atoms with Gasteiger partial charge in [0.05, 0.1) is 5.69 Å². The van der Waals surface area contributed by atoms with Crippen molar-refractivity contribution in [3.05, 3.63) is 71.5 Å². The van der Waals surface area contributed by atoms with Crippen molar-refractivity contribution in [2.75, 3.05) is 36.4 Å². The van der Waals surface area contributed by atoms with Crippen LogP contribution in [0.3, 0.4) is 0 Å². The van der Waals surface area contributed by atoms with E-state index in [0.29, 0.717) is 13.1 Å². The monoisotopic (exact) mass is 401 g/mol. The van der Waals surface area contributed by atoms with Gasteiger partial charge >= 0.3 is 6.03 Å². The molecule has 1 aromatic heterocycles. The van der Waals surface area contributed by atoms with E-state index in [-0.39, 0.29) is 6.03 Å². The van der Waals surface area contributed by atoms with Crippen molar-refractivity contribution in [1.82, 2.24) is 14.9 Å². The number of anilines is 2. The first-order valence-electron chi connectivity index (χ1n) is 10.3. The number of nitrogens with one attached hydrogen (secondary N) is 1. The molecule has 1 N–H and O–H groups in total. The predicted molar refractivity (Wildman–Crippen MR) is 121 cm³/mol. The average molecular weight is 402 g/mol. The third-order valence-electron chi connectivity index (χ3n) is 5.59. The van der Waals surface area contributed by atoms with Crippen molar-refractivity contribution in [1.29, 1.82) is 0 Å². The van der Waals surface area contributed by atoms with Gasteiger partial charge in [0, 0.05) is 43.5 Å². The van der Waals surface area contributed by atoms with Gasteiger partial charge in [0.2, 0.25) is 0 Å². The maximum Gasteiger partial charge on any atom is 0.321 e. The Bertz CT molecular complexity index is 1060. The number of piperazine rings is 1. The van der Waals surface area contributed by atoms with Crippen molar-refractivity contribution in [2.24, 2.45) is 0 Å². The minimum atomic E-state index is -0.0510. The second-order valence-corrected chi connectivity index (χ2v) is 7.80. The molecule has 0 radical (unpaired) electrons. The van der Waals surface area contributed by atoms with Crippen LogP contribution in [0, 0.1) is 20.8 Å². The maximum atomic E-state index is 12.7. The van der Waals surface area contributed by atoms with E-state index in [0.717, 1.165) is 41.4 Å². The Morgan fingerprint density at radius 3 is 2.40 bits per heavy atom. The molecule has 1 aliphatic rings. The Morgan fingerprint density at radius 2 is 1.67 bits per heavy atom. The average Bonchev–Trinajstić information content (AvgIpc) is 2.76. The summed E-state index contributed by atoms with van der Waals surface area (Å²) in [6, 6.07) is 16.3. The van der Waals surface area contributed by atoms with Gasteiger partial charge in [-0.05, 0) is 38.0 Å². The third kappa shape index (κ3) is 4.27. The molecule has 2 aromatic carbocycles. The van der Waals surface area contributed by atoms with Crippen molar-refractivity contribution < 1.29 is 4.79 Å². The van der Waals surface area contributed by atoms with Gasteiger partial charge in [-0.2, -0.15) is 0 Å². The molecule has 2 heterocycles. The zero-order chi connectivity index (χ0) is 21.1. The SMILES string of the molecule is Cc1ccc(NC(=O)N2CCN(c3cc(-c4ccccc4C)ncn3)CC2)c(C)c1. The van der Waals surface area contributed by atoms with Crippen LogP contribution in [0.4, 0.5) is 16.3 Å². The highest BCUT2D eigenvalue weighted by molar-refractivity contribution is 5.90. The molecule has 0 saturated carbocycles. The van der Waals surface area contributed by atoms with Crippen LogP contribution in [0.25, 0.3) is 11.3 Å². The van der Waals surface area contributed by atoms with Crippen LogP contribution in [0.5, 0.6) is 0 Å². The van der Waals surface area contributed by atoms with Crippen molar-refractivity contribution in [3.63, 3.8) is 0 Å². The molecule has 4 rings (SSSR count). The van der Waals surface area contributed by atoms with Gasteiger partial charge in [-0.25, -0.2) is 14.8 Å². The number of urea groups is 1. The summed E-state index contributed by atoms with van der Waals surface area (Å²) in [6.07, 6.45) is 1.62. The maximum absolute atomic E-state index is 12.7. The van der Waals surface area contributed by atoms with Crippen LogP contribution in [-0.4, -0.2) is 47.1 Å². The Balaban J connectivity index is 1.40. The molecule has 6 heteroatoms. The molecule has 0 unspecified atom stereocenters. The molecule has 1 fully saturated rings. The summed E-state index contributed by atoms with van der Waals surface area (Å²) in [4.78, 5) is 25.7. The van der Waals surface area contributed by atoms with Gasteiger partial charge < -0.3 is 15.1 Å². The second kappa shape index (κ2) is 8.53. The molecule has 0 atom stereocenters. The summed E-state index contributed by atoms with van der Waals surface area (Å²) in [5.41, 5.74) is 6.36. The highest BCUT2D eigenvalue weighted by atomic mass is 16.2. The lowest BCUT2D eigenvalue weighted by Crippen LogP contribution is -2.50. The van der Waals surface area contributed by atoms with Crippen molar-refractivity contribution in [3.8, 4) is 11.3 Å². The fraction of sp³-hybridized carbons (Fsp3) is 0.292. The van der Waals surface area contributed by atoms with E-state index in [1.54, 1.807) is 6.33 Å².